The Morgan fingerprint density at radius 1 is 1.44 bits per heavy atom. The molecule has 6 heteroatoms. The van der Waals surface area contributed by atoms with Crippen molar-refractivity contribution in [2.75, 3.05) is 11.9 Å². The highest BCUT2D eigenvalue weighted by Gasteiger charge is 2.20. The molecule has 1 N–H and O–H groups in total. The minimum atomic E-state index is -0.481. The maximum atomic E-state index is 10.9. The molecule has 0 saturated heterocycles. The molecule has 100 valence electrons. The van der Waals surface area contributed by atoms with Gasteiger partial charge in [-0.1, -0.05) is 13.8 Å². The molecule has 0 saturated carbocycles. The van der Waals surface area contributed by atoms with E-state index < -0.39 is 4.92 Å². The zero-order chi connectivity index (χ0) is 13.7. The van der Waals surface area contributed by atoms with E-state index in [0.717, 1.165) is 0 Å². The second kappa shape index (κ2) is 6.18. The van der Waals surface area contributed by atoms with Gasteiger partial charge < -0.3 is 10.1 Å². The van der Waals surface area contributed by atoms with Gasteiger partial charge in [0.25, 0.3) is 5.88 Å². The highest BCUT2D eigenvalue weighted by atomic mass is 16.6. The van der Waals surface area contributed by atoms with Gasteiger partial charge in [-0.25, -0.2) is 0 Å². The van der Waals surface area contributed by atoms with Crippen LogP contribution in [0.4, 0.5) is 11.5 Å². The first-order valence-corrected chi connectivity index (χ1v) is 6.01. The fourth-order valence-electron chi connectivity index (χ4n) is 1.25. The molecule has 0 aliphatic carbocycles. The molecule has 0 bridgehead atoms. The number of nitrogens with one attached hydrogen (secondary N) is 1. The van der Waals surface area contributed by atoms with Gasteiger partial charge >= 0.3 is 5.69 Å². The SMILES string of the molecule is CCNc1ccc([N+](=O)[O-])c(OC(C)C(C)C)n1. The molecule has 0 fully saturated rings. The van der Waals surface area contributed by atoms with Crippen LogP contribution in [0.2, 0.25) is 0 Å². The van der Waals surface area contributed by atoms with E-state index >= 15 is 0 Å². The lowest BCUT2D eigenvalue weighted by molar-refractivity contribution is -0.386. The fraction of sp³-hybridized carbons (Fsp3) is 0.583. The van der Waals surface area contributed by atoms with Gasteiger partial charge in [0.05, 0.1) is 4.92 Å². The lowest BCUT2D eigenvalue weighted by Gasteiger charge is -2.17. The highest BCUT2D eigenvalue weighted by molar-refractivity contribution is 5.49. The summed E-state index contributed by atoms with van der Waals surface area (Å²) in [6.45, 7) is 8.48. The van der Waals surface area contributed by atoms with Crippen LogP contribution in [0.15, 0.2) is 12.1 Å². The van der Waals surface area contributed by atoms with Crippen molar-refractivity contribution in [1.82, 2.24) is 4.98 Å². The molecule has 0 aliphatic heterocycles. The minimum Gasteiger partial charge on any atom is -0.469 e. The Morgan fingerprint density at radius 3 is 2.61 bits per heavy atom. The van der Waals surface area contributed by atoms with Crippen LogP contribution in [-0.4, -0.2) is 22.6 Å². The number of ether oxygens (including phenoxy) is 1. The van der Waals surface area contributed by atoms with E-state index in [9.17, 15) is 10.1 Å². The molecule has 0 amide bonds. The number of hydrogen-bond acceptors (Lipinski definition) is 5. The summed E-state index contributed by atoms with van der Waals surface area (Å²) in [5.41, 5.74) is -0.107. The average Bonchev–Trinajstić information content (AvgIpc) is 2.29. The predicted octanol–water partition coefficient (Wildman–Crippen LogP) is 2.84. The van der Waals surface area contributed by atoms with E-state index in [4.69, 9.17) is 4.74 Å². The zero-order valence-corrected chi connectivity index (χ0v) is 11.1. The first-order chi connectivity index (χ1) is 8.45. The standard InChI is InChI=1S/C12H19N3O3/c1-5-13-11-7-6-10(15(16)17)12(14-11)18-9(4)8(2)3/h6-9H,5H2,1-4H3,(H,13,14). The molecular weight excluding hydrogens is 234 g/mol. The number of pyridine rings is 1. The maximum absolute atomic E-state index is 10.9. The largest absolute Gasteiger partial charge is 0.469 e. The summed E-state index contributed by atoms with van der Waals surface area (Å²) in [6.07, 6.45) is -0.131. The smallest absolute Gasteiger partial charge is 0.331 e. The van der Waals surface area contributed by atoms with Crippen molar-refractivity contribution in [3.8, 4) is 5.88 Å². The molecule has 0 aliphatic rings. The lowest BCUT2D eigenvalue weighted by atomic mass is 10.1. The second-order valence-electron chi connectivity index (χ2n) is 4.38. The number of nitrogens with zero attached hydrogens (tertiary/aromatic N) is 2. The van der Waals surface area contributed by atoms with Crippen molar-refractivity contribution in [2.45, 2.75) is 33.8 Å². The molecule has 6 nitrogen and oxygen atoms in total. The molecule has 0 aromatic carbocycles. The Balaban J connectivity index is 3.03. The molecule has 0 spiro atoms. The van der Waals surface area contributed by atoms with Crippen LogP contribution in [0.5, 0.6) is 5.88 Å². The number of hydrogen-bond donors (Lipinski definition) is 1. The number of rotatable bonds is 6. The third-order valence-corrected chi connectivity index (χ3v) is 2.63. The van der Waals surface area contributed by atoms with E-state index in [0.29, 0.717) is 12.4 Å². The van der Waals surface area contributed by atoms with E-state index in [2.05, 4.69) is 10.3 Å². The van der Waals surface area contributed by atoms with Gasteiger partial charge in [-0.3, -0.25) is 10.1 Å². The van der Waals surface area contributed by atoms with Crippen LogP contribution in [0.25, 0.3) is 0 Å². The Labute approximate surface area is 107 Å². The van der Waals surface area contributed by atoms with Crippen molar-refractivity contribution < 1.29 is 9.66 Å². The van der Waals surface area contributed by atoms with Gasteiger partial charge in [0.1, 0.15) is 11.9 Å². The van der Waals surface area contributed by atoms with Crippen LogP contribution in [0.3, 0.4) is 0 Å². The van der Waals surface area contributed by atoms with Crippen molar-refractivity contribution in [2.24, 2.45) is 5.92 Å². The van der Waals surface area contributed by atoms with Crippen molar-refractivity contribution >= 4 is 11.5 Å². The summed E-state index contributed by atoms with van der Waals surface area (Å²) >= 11 is 0. The average molecular weight is 253 g/mol. The monoisotopic (exact) mass is 253 g/mol. The van der Waals surface area contributed by atoms with Crippen molar-refractivity contribution in [1.29, 1.82) is 0 Å². The summed E-state index contributed by atoms with van der Waals surface area (Å²) in [5, 5.41) is 13.9. The molecule has 1 aromatic heterocycles. The minimum absolute atomic E-state index is 0.0691. The van der Waals surface area contributed by atoms with E-state index in [1.54, 1.807) is 6.07 Å². The van der Waals surface area contributed by atoms with Crippen LogP contribution in [0.1, 0.15) is 27.7 Å². The van der Waals surface area contributed by atoms with Gasteiger partial charge in [-0.05, 0) is 25.8 Å². The highest BCUT2D eigenvalue weighted by Crippen LogP contribution is 2.28. The number of anilines is 1. The first kappa shape index (κ1) is 14.2. The molecule has 1 atom stereocenters. The summed E-state index contributed by atoms with van der Waals surface area (Å²) in [4.78, 5) is 14.6. The normalized spacial score (nSPS) is 12.3. The predicted molar refractivity (Wildman–Crippen MR) is 70.0 cm³/mol. The summed E-state index contributed by atoms with van der Waals surface area (Å²) in [6, 6.07) is 2.99. The summed E-state index contributed by atoms with van der Waals surface area (Å²) in [7, 11) is 0. The Hall–Kier alpha value is -1.85. The molecule has 0 radical (unpaired) electrons. The fourth-order valence-corrected chi connectivity index (χ4v) is 1.25. The van der Waals surface area contributed by atoms with Crippen LogP contribution >= 0.6 is 0 Å². The van der Waals surface area contributed by atoms with Crippen molar-refractivity contribution in [3.05, 3.63) is 22.2 Å². The van der Waals surface area contributed by atoms with Crippen LogP contribution in [0, 0.1) is 16.0 Å². The third kappa shape index (κ3) is 3.58. The van der Waals surface area contributed by atoms with Gasteiger partial charge in [-0.2, -0.15) is 4.98 Å². The first-order valence-electron chi connectivity index (χ1n) is 6.01. The molecule has 18 heavy (non-hydrogen) atoms. The molecule has 1 rings (SSSR count). The quantitative estimate of drug-likeness (QED) is 0.623. The Morgan fingerprint density at radius 2 is 2.11 bits per heavy atom. The topological polar surface area (TPSA) is 77.3 Å². The Kier molecular flexibility index (Phi) is 4.88. The molecule has 1 aromatic rings. The Bertz CT molecular complexity index is 421. The van der Waals surface area contributed by atoms with Crippen molar-refractivity contribution in [3.63, 3.8) is 0 Å². The lowest BCUT2D eigenvalue weighted by Crippen LogP contribution is -2.20. The van der Waals surface area contributed by atoms with Gasteiger partial charge in [0.15, 0.2) is 0 Å². The summed E-state index contributed by atoms with van der Waals surface area (Å²) in [5.74, 6) is 0.905. The third-order valence-electron chi connectivity index (χ3n) is 2.63. The van der Waals surface area contributed by atoms with Crippen LogP contribution in [-0.2, 0) is 0 Å². The molecule has 1 heterocycles. The second-order valence-corrected chi connectivity index (χ2v) is 4.38. The molecule has 1 unspecified atom stereocenters. The zero-order valence-electron chi connectivity index (χ0n) is 11.1. The number of aromatic nitrogens is 1. The van der Waals surface area contributed by atoms with E-state index in [1.807, 2.05) is 27.7 Å². The molecular formula is C12H19N3O3. The number of nitro groups is 1. The maximum Gasteiger partial charge on any atom is 0.331 e. The van der Waals surface area contributed by atoms with Gasteiger partial charge in [0.2, 0.25) is 0 Å². The van der Waals surface area contributed by atoms with Gasteiger partial charge in [-0.15, -0.1) is 0 Å². The van der Waals surface area contributed by atoms with Gasteiger partial charge in [0, 0.05) is 12.6 Å². The van der Waals surface area contributed by atoms with Crippen LogP contribution < -0.4 is 10.1 Å². The van der Waals surface area contributed by atoms with E-state index in [1.165, 1.54) is 6.07 Å². The summed E-state index contributed by atoms with van der Waals surface area (Å²) < 4.78 is 5.56. The van der Waals surface area contributed by atoms with E-state index in [-0.39, 0.29) is 23.6 Å².